The van der Waals surface area contributed by atoms with E-state index < -0.39 is 30.7 Å². The van der Waals surface area contributed by atoms with Crippen molar-refractivity contribution in [2.45, 2.75) is 31.7 Å². The molecule has 1 aromatic carbocycles. The molecule has 0 aliphatic carbocycles. The highest BCUT2D eigenvalue weighted by Crippen LogP contribution is 2.22. The molecule has 3 amide bonds. The number of carbonyl (C=O) groups excluding carboxylic acids is 2. The molecule has 2 aromatic rings. The van der Waals surface area contributed by atoms with Gasteiger partial charge < -0.3 is 20.3 Å². The van der Waals surface area contributed by atoms with Crippen molar-refractivity contribution >= 4 is 17.6 Å². The molecule has 1 aromatic heterocycles. The Morgan fingerprint density at radius 1 is 1.20 bits per heavy atom. The van der Waals surface area contributed by atoms with E-state index in [2.05, 4.69) is 10.3 Å². The number of hydrogen-bond donors (Lipinski definition) is 2. The molecule has 7 nitrogen and oxygen atoms in total. The van der Waals surface area contributed by atoms with E-state index in [0.29, 0.717) is 24.3 Å². The number of pyridine rings is 1. The SMILES string of the molecule is O=C(NCC(F)(F)F)C1CCCN1C(=O)Nc1cccc(OCc2ccccn2)c1. The summed E-state index contributed by atoms with van der Waals surface area (Å²) >= 11 is 0. The lowest BCUT2D eigenvalue weighted by atomic mass is 10.2. The maximum absolute atomic E-state index is 12.6. The number of urea groups is 1. The molecular formula is C20H21F3N4O3. The average molecular weight is 422 g/mol. The first kappa shape index (κ1) is 21.4. The minimum Gasteiger partial charge on any atom is -0.487 e. The number of nitrogens with zero attached hydrogens (tertiary/aromatic N) is 2. The van der Waals surface area contributed by atoms with Gasteiger partial charge in [0, 0.05) is 24.5 Å². The Hall–Kier alpha value is -3.30. The van der Waals surface area contributed by atoms with Gasteiger partial charge >= 0.3 is 12.2 Å². The smallest absolute Gasteiger partial charge is 0.405 e. The van der Waals surface area contributed by atoms with Crippen molar-refractivity contribution in [3.8, 4) is 5.75 Å². The second-order valence-electron chi connectivity index (χ2n) is 6.75. The van der Waals surface area contributed by atoms with Crippen molar-refractivity contribution in [3.63, 3.8) is 0 Å². The Labute approximate surface area is 171 Å². The van der Waals surface area contributed by atoms with Crippen LogP contribution >= 0.6 is 0 Å². The zero-order valence-corrected chi connectivity index (χ0v) is 16.0. The number of halogens is 3. The van der Waals surface area contributed by atoms with Crippen LogP contribution in [0.15, 0.2) is 48.7 Å². The number of nitrogens with one attached hydrogen (secondary N) is 2. The summed E-state index contributed by atoms with van der Waals surface area (Å²) < 4.78 is 42.7. The monoisotopic (exact) mass is 422 g/mol. The number of amides is 3. The molecule has 1 saturated heterocycles. The van der Waals surface area contributed by atoms with Crippen LogP contribution in [0.3, 0.4) is 0 Å². The first-order valence-electron chi connectivity index (χ1n) is 9.37. The summed E-state index contributed by atoms with van der Waals surface area (Å²) in [6.07, 6.45) is -2.00. The van der Waals surface area contributed by atoms with E-state index in [1.54, 1.807) is 36.5 Å². The van der Waals surface area contributed by atoms with Crippen molar-refractivity contribution in [1.29, 1.82) is 0 Å². The van der Waals surface area contributed by atoms with Gasteiger partial charge in [-0.3, -0.25) is 9.78 Å². The van der Waals surface area contributed by atoms with E-state index in [1.165, 1.54) is 4.90 Å². The largest absolute Gasteiger partial charge is 0.487 e. The van der Waals surface area contributed by atoms with E-state index in [4.69, 9.17) is 4.74 Å². The maximum Gasteiger partial charge on any atom is 0.405 e. The first-order valence-corrected chi connectivity index (χ1v) is 9.37. The van der Waals surface area contributed by atoms with Crippen LogP contribution in [-0.2, 0) is 11.4 Å². The summed E-state index contributed by atoms with van der Waals surface area (Å²) in [6, 6.07) is 10.7. The zero-order chi connectivity index (χ0) is 21.6. The molecule has 2 heterocycles. The molecule has 30 heavy (non-hydrogen) atoms. The lowest BCUT2D eigenvalue weighted by molar-refractivity contribution is -0.140. The van der Waals surface area contributed by atoms with Crippen LogP contribution in [0.1, 0.15) is 18.5 Å². The second-order valence-corrected chi connectivity index (χ2v) is 6.75. The van der Waals surface area contributed by atoms with E-state index in [9.17, 15) is 22.8 Å². The van der Waals surface area contributed by atoms with Crippen molar-refractivity contribution < 1.29 is 27.5 Å². The third-order valence-corrected chi connectivity index (χ3v) is 4.48. The predicted molar refractivity (Wildman–Crippen MR) is 103 cm³/mol. The van der Waals surface area contributed by atoms with Crippen LogP contribution < -0.4 is 15.4 Å². The molecule has 1 atom stereocenters. The van der Waals surface area contributed by atoms with Crippen molar-refractivity contribution in [2.75, 3.05) is 18.4 Å². The number of anilines is 1. The number of carbonyl (C=O) groups is 2. The summed E-state index contributed by atoms with van der Waals surface area (Å²) in [5.41, 5.74) is 1.19. The van der Waals surface area contributed by atoms with Crippen molar-refractivity contribution in [3.05, 3.63) is 54.4 Å². The fourth-order valence-corrected chi connectivity index (χ4v) is 3.09. The molecule has 1 aliphatic rings. The highest BCUT2D eigenvalue weighted by Gasteiger charge is 2.36. The molecule has 0 radical (unpaired) electrons. The lowest BCUT2D eigenvalue weighted by Gasteiger charge is -2.24. The Kier molecular flexibility index (Phi) is 6.76. The topological polar surface area (TPSA) is 83.6 Å². The van der Waals surface area contributed by atoms with Gasteiger partial charge in [-0.05, 0) is 37.1 Å². The Bertz CT molecular complexity index is 877. The summed E-state index contributed by atoms with van der Waals surface area (Å²) in [7, 11) is 0. The molecule has 1 fully saturated rings. The fourth-order valence-electron chi connectivity index (χ4n) is 3.09. The number of aromatic nitrogens is 1. The van der Waals surface area contributed by atoms with Gasteiger partial charge in [-0.15, -0.1) is 0 Å². The van der Waals surface area contributed by atoms with Crippen LogP contribution in [-0.4, -0.2) is 47.1 Å². The van der Waals surface area contributed by atoms with E-state index in [-0.39, 0.29) is 13.2 Å². The number of rotatable bonds is 6. The highest BCUT2D eigenvalue weighted by molar-refractivity contribution is 5.94. The quantitative estimate of drug-likeness (QED) is 0.748. The molecule has 3 rings (SSSR count). The van der Waals surface area contributed by atoms with Crippen LogP contribution in [0.2, 0.25) is 0 Å². The normalized spacial score (nSPS) is 16.2. The highest BCUT2D eigenvalue weighted by atomic mass is 19.4. The van der Waals surface area contributed by atoms with Gasteiger partial charge in [0.15, 0.2) is 0 Å². The van der Waals surface area contributed by atoms with Gasteiger partial charge in [-0.2, -0.15) is 13.2 Å². The maximum atomic E-state index is 12.6. The minimum atomic E-state index is -4.50. The fraction of sp³-hybridized carbons (Fsp3) is 0.350. The molecular weight excluding hydrogens is 401 g/mol. The Morgan fingerprint density at radius 3 is 2.77 bits per heavy atom. The number of hydrogen-bond acceptors (Lipinski definition) is 4. The van der Waals surface area contributed by atoms with Crippen molar-refractivity contribution in [1.82, 2.24) is 15.2 Å². The second kappa shape index (κ2) is 9.47. The van der Waals surface area contributed by atoms with Crippen LogP contribution in [0.5, 0.6) is 5.75 Å². The summed E-state index contributed by atoms with van der Waals surface area (Å²) in [5.74, 6) is -0.299. The summed E-state index contributed by atoms with van der Waals surface area (Å²) in [5, 5.41) is 4.51. The van der Waals surface area contributed by atoms with Gasteiger partial charge in [0.1, 0.15) is 24.9 Å². The van der Waals surface area contributed by atoms with Gasteiger partial charge in [0.05, 0.1) is 5.69 Å². The summed E-state index contributed by atoms with van der Waals surface area (Å²) in [4.78, 5) is 30.1. The third kappa shape index (κ3) is 6.10. The number of benzene rings is 1. The van der Waals surface area contributed by atoms with Crippen LogP contribution in [0.25, 0.3) is 0 Å². The summed E-state index contributed by atoms with van der Waals surface area (Å²) in [6.45, 7) is -0.884. The standard InChI is InChI=1S/C20H21F3N4O3/c21-20(22,23)13-25-18(28)17-8-4-10-27(17)19(29)26-14-6-3-7-16(11-14)30-12-15-5-1-2-9-24-15/h1-3,5-7,9,11,17H,4,8,10,12-13H2,(H,25,28)(H,26,29). The van der Waals surface area contributed by atoms with Crippen molar-refractivity contribution in [2.24, 2.45) is 0 Å². The molecule has 1 unspecified atom stereocenters. The van der Waals surface area contributed by atoms with Gasteiger partial charge in [-0.25, -0.2) is 4.79 Å². The molecule has 2 N–H and O–H groups in total. The minimum absolute atomic E-state index is 0.256. The van der Waals surface area contributed by atoms with Gasteiger partial charge in [0.2, 0.25) is 5.91 Å². The first-order chi connectivity index (χ1) is 14.3. The third-order valence-electron chi connectivity index (χ3n) is 4.48. The Balaban J connectivity index is 1.57. The lowest BCUT2D eigenvalue weighted by Crippen LogP contribution is -2.49. The van der Waals surface area contributed by atoms with Gasteiger partial charge in [-0.1, -0.05) is 12.1 Å². The molecule has 0 saturated carbocycles. The van der Waals surface area contributed by atoms with Gasteiger partial charge in [0.25, 0.3) is 0 Å². The van der Waals surface area contributed by atoms with E-state index >= 15 is 0 Å². The number of ether oxygens (including phenoxy) is 1. The van der Waals surface area contributed by atoms with E-state index in [1.807, 2.05) is 17.4 Å². The molecule has 160 valence electrons. The van der Waals surface area contributed by atoms with Crippen LogP contribution in [0, 0.1) is 0 Å². The van der Waals surface area contributed by atoms with Crippen LogP contribution in [0.4, 0.5) is 23.7 Å². The molecule has 0 bridgehead atoms. The molecule has 10 heteroatoms. The Morgan fingerprint density at radius 2 is 2.03 bits per heavy atom. The zero-order valence-electron chi connectivity index (χ0n) is 16.0. The number of likely N-dealkylation sites (tertiary alicyclic amines) is 1. The molecule has 0 spiro atoms. The number of alkyl halides is 3. The average Bonchev–Trinajstić information content (AvgIpc) is 3.21. The molecule has 1 aliphatic heterocycles. The predicted octanol–water partition coefficient (Wildman–Crippen LogP) is 3.34. The van der Waals surface area contributed by atoms with E-state index in [0.717, 1.165) is 5.69 Å².